The van der Waals surface area contributed by atoms with Gasteiger partial charge in [-0.1, -0.05) is 23.4 Å². The van der Waals surface area contributed by atoms with Gasteiger partial charge in [0, 0.05) is 47.4 Å². The number of rotatable bonds is 5. The number of hydrogen-bond donors (Lipinski definition) is 2. The zero-order valence-corrected chi connectivity index (χ0v) is 16.8. The standard InChI is InChI=1S/C24H22N2O4/c1-3-26(4-2)16-10-12-20-22(14-16)30-21-13-15(25-29)9-11-19(21)23(20)17-7-5-6-8-18(17)24(27)28/h5-14,29H,3-4H2,1-2H3,(H,27,28). The van der Waals surface area contributed by atoms with Crippen LogP contribution < -0.4 is 10.3 Å². The zero-order valence-electron chi connectivity index (χ0n) is 16.8. The molecule has 1 aliphatic carbocycles. The molecule has 4 rings (SSSR count). The first-order valence-electron chi connectivity index (χ1n) is 9.83. The lowest BCUT2D eigenvalue weighted by atomic mass is 9.90. The summed E-state index contributed by atoms with van der Waals surface area (Å²) in [5.74, 6) is -0.473. The minimum atomic E-state index is -0.991. The Kier molecular flexibility index (Phi) is 5.14. The van der Waals surface area contributed by atoms with E-state index in [1.54, 1.807) is 36.4 Å². The number of fused-ring (bicyclic) bond motifs is 2. The fourth-order valence-electron chi connectivity index (χ4n) is 3.89. The van der Waals surface area contributed by atoms with Gasteiger partial charge in [0.1, 0.15) is 16.7 Å². The molecular weight excluding hydrogens is 380 g/mol. The Labute approximate surface area is 173 Å². The Morgan fingerprint density at radius 3 is 2.47 bits per heavy atom. The van der Waals surface area contributed by atoms with Crippen LogP contribution in [0.3, 0.4) is 0 Å². The van der Waals surface area contributed by atoms with Gasteiger partial charge in [-0.05, 0) is 49.7 Å². The van der Waals surface area contributed by atoms with Crippen LogP contribution in [0.4, 0.5) is 5.69 Å². The van der Waals surface area contributed by atoms with E-state index < -0.39 is 5.97 Å². The first-order valence-corrected chi connectivity index (χ1v) is 9.83. The maximum Gasteiger partial charge on any atom is 0.336 e. The molecule has 0 unspecified atom stereocenters. The summed E-state index contributed by atoms with van der Waals surface area (Å²) in [6.07, 6.45) is 0. The minimum Gasteiger partial charge on any atom is -0.478 e. The van der Waals surface area contributed by atoms with Crippen LogP contribution in [0.2, 0.25) is 0 Å². The Morgan fingerprint density at radius 1 is 1.00 bits per heavy atom. The second kappa shape index (κ2) is 7.91. The summed E-state index contributed by atoms with van der Waals surface area (Å²) in [4.78, 5) is 14.1. The summed E-state index contributed by atoms with van der Waals surface area (Å²) < 4.78 is 6.19. The van der Waals surface area contributed by atoms with Crippen molar-refractivity contribution in [2.75, 3.05) is 18.0 Å². The number of aromatic carboxylic acids is 1. The Balaban J connectivity index is 2.13. The third kappa shape index (κ3) is 3.26. The van der Waals surface area contributed by atoms with Crippen molar-refractivity contribution < 1.29 is 19.5 Å². The third-order valence-electron chi connectivity index (χ3n) is 5.36. The molecule has 0 spiro atoms. The van der Waals surface area contributed by atoms with Crippen LogP contribution in [0.1, 0.15) is 24.2 Å². The zero-order chi connectivity index (χ0) is 21.3. The normalized spacial score (nSPS) is 11.9. The van der Waals surface area contributed by atoms with Crippen molar-refractivity contribution in [3.8, 4) is 22.5 Å². The Morgan fingerprint density at radius 2 is 1.77 bits per heavy atom. The average Bonchev–Trinajstić information content (AvgIpc) is 2.77. The number of anilines is 1. The number of carboxylic acids is 1. The number of hydrogen-bond acceptors (Lipinski definition) is 5. The van der Waals surface area contributed by atoms with Gasteiger partial charge in [-0.2, -0.15) is 0 Å². The van der Waals surface area contributed by atoms with Gasteiger partial charge in [-0.3, -0.25) is 0 Å². The van der Waals surface area contributed by atoms with Crippen LogP contribution in [-0.2, 0) is 0 Å². The summed E-state index contributed by atoms with van der Waals surface area (Å²) in [6.45, 7) is 5.90. The van der Waals surface area contributed by atoms with Gasteiger partial charge in [-0.15, -0.1) is 0 Å². The van der Waals surface area contributed by atoms with Crippen molar-refractivity contribution in [3.63, 3.8) is 0 Å². The van der Waals surface area contributed by atoms with Crippen molar-refractivity contribution in [3.05, 3.63) is 71.6 Å². The largest absolute Gasteiger partial charge is 0.478 e. The van der Waals surface area contributed by atoms with E-state index in [9.17, 15) is 15.1 Å². The fourth-order valence-corrected chi connectivity index (χ4v) is 3.89. The lowest BCUT2D eigenvalue weighted by molar-refractivity contribution is 0.0697. The van der Waals surface area contributed by atoms with Crippen molar-refractivity contribution >= 4 is 22.6 Å². The predicted octanol–water partition coefficient (Wildman–Crippen LogP) is 5.04. The molecule has 30 heavy (non-hydrogen) atoms. The first kappa shape index (κ1) is 19.5. The molecule has 2 aromatic carbocycles. The number of carboxylic acid groups (broad SMARTS) is 1. The molecule has 0 amide bonds. The fraction of sp³-hybridized carbons (Fsp3) is 0.167. The van der Waals surface area contributed by atoms with Crippen molar-refractivity contribution in [2.24, 2.45) is 5.16 Å². The second-order valence-electron chi connectivity index (χ2n) is 6.96. The van der Waals surface area contributed by atoms with Crippen LogP contribution in [0.5, 0.6) is 0 Å². The SMILES string of the molecule is CCN(CC)c1ccc2c(-c3ccccc3C(=O)O)c3ccc(=NO)cc-3oc2c1. The van der Waals surface area contributed by atoms with E-state index in [2.05, 4.69) is 23.9 Å². The monoisotopic (exact) mass is 402 g/mol. The van der Waals surface area contributed by atoms with E-state index in [0.29, 0.717) is 22.3 Å². The van der Waals surface area contributed by atoms with E-state index in [1.807, 2.05) is 24.3 Å². The molecule has 152 valence electrons. The molecule has 0 aromatic heterocycles. The highest BCUT2D eigenvalue weighted by molar-refractivity contribution is 6.07. The van der Waals surface area contributed by atoms with E-state index in [-0.39, 0.29) is 5.56 Å². The molecule has 2 N–H and O–H groups in total. The topological polar surface area (TPSA) is 86.3 Å². The second-order valence-corrected chi connectivity index (χ2v) is 6.96. The van der Waals surface area contributed by atoms with E-state index in [1.165, 1.54) is 0 Å². The summed E-state index contributed by atoms with van der Waals surface area (Å²) >= 11 is 0. The smallest absolute Gasteiger partial charge is 0.336 e. The number of carbonyl (C=O) groups is 1. The van der Waals surface area contributed by atoms with Gasteiger partial charge in [0.2, 0.25) is 0 Å². The van der Waals surface area contributed by atoms with Crippen molar-refractivity contribution in [1.29, 1.82) is 0 Å². The molecule has 0 saturated carbocycles. The molecule has 0 radical (unpaired) electrons. The van der Waals surface area contributed by atoms with Gasteiger partial charge >= 0.3 is 5.97 Å². The molecule has 0 bridgehead atoms. The van der Waals surface area contributed by atoms with Crippen LogP contribution in [-0.4, -0.2) is 29.4 Å². The van der Waals surface area contributed by atoms with E-state index in [0.717, 1.165) is 35.3 Å². The Hall–Kier alpha value is -3.80. The molecule has 1 heterocycles. The highest BCUT2D eigenvalue weighted by Gasteiger charge is 2.21. The first-order chi connectivity index (χ1) is 14.6. The molecular formula is C24H22N2O4. The molecule has 6 heteroatoms. The summed E-state index contributed by atoms with van der Waals surface area (Å²) in [7, 11) is 0. The summed E-state index contributed by atoms with van der Waals surface area (Å²) in [6, 6.07) is 18.0. The highest BCUT2D eigenvalue weighted by Crippen LogP contribution is 2.41. The predicted molar refractivity (Wildman–Crippen MR) is 116 cm³/mol. The maximum absolute atomic E-state index is 11.9. The number of benzene rings is 3. The molecule has 0 atom stereocenters. The Bertz CT molecular complexity index is 1270. The third-order valence-corrected chi connectivity index (χ3v) is 5.36. The van der Waals surface area contributed by atoms with E-state index in [4.69, 9.17) is 4.42 Å². The molecule has 1 aliphatic heterocycles. The lowest BCUT2D eigenvalue weighted by Crippen LogP contribution is -2.21. The lowest BCUT2D eigenvalue weighted by Gasteiger charge is -2.22. The quantitative estimate of drug-likeness (QED) is 0.277. The number of nitrogens with zero attached hydrogens (tertiary/aromatic N) is 2. The maximum atomic E-state index is 11.9. The highest BCUT2D eigenvalue weighted by atomic mass is 16.4. The molecule has 0 saturated heterocycles. The van der Waals surface area contributed by atoms with Crippen molar-refractivity contribution in [2.45, 2.75) is 13.8 Å². The van der Waals surface area contributed by atoms with Gasteiger partial charge < -0.3 is 19.6 Å². The van der Waals surface area contributed by atoms with Gasteiger partial charge in [0.15, 0.2) is 0 Å². The molecule has 0 fully saturated rings. The summed E-state index contributed by atoms with van der Waals surface area (Å²) in [5.41, 5.74) is 4.02. The van der Waals surface area contributed by atoms with Crippen LogP contribution >= 0.6 is 0 Å². The average molecular weight is 402 g/mol. The van der Waals surface area contributed by atoms with Gasteiger partial charge in [0.05, 0.1) is 5.56 Å². The van der Waals surface area contributed by atoms with Crippen LogP contribution in [0, 0.1) is 0 Å². The van der Waals surface area contributed by atoms with Crippen molar-refractivity contribution in [1.82, 2.24) is 0 Å². The van der Waals surface area contributed by atoms with Crippen LogP contribution in [0.25, 0.3) is 33.4 Å². The molecule has 6 nitrogen and oxygen atoms in total. The van der Waals surface area contributed by atoms with Gasteiger partial charge in [-0.25, -0.2) is 4.79 Å². The van der Waals surface area contributed by atoms with E-state index >= 15 is 0 Å². The summed E-state index contributed by atoms with van der Waals surface area (Å²) in [5, 5.41) is 23.4. The molecule has 2 aromatic rings. The van der Waals surface area contributed by atoms with Gasteiger partial charge in [0.25, 0.3) is 0 Å². The minimum absolute atomic E-state index is 0.218. The molecule has 2 aliphatic rings. The van der Waals surface area contributed by atoms with Crippen LogP contribution in [0.15, 0.2) is 70.2 Å².